The van der Waals surface area contributed by atoms with Crippen LogP contribution in [0.4, 0.5) is 5.69 Å². The highest BCUT2D eigenvalue weighted by Crippen LogP contribution is 2.16. The molecule has 1 aliphatic rings. The van der Waals surface area contributed by atoms with Crippen molar-refractivity contribution in [1.29, 1.82) is 0 Å². The van der Waals surface area contributed by atoms with E-state index in [1.807, 2.05) is 18.6 Å². The molecule has 0 spiro atoms. The highest BCUT2D eigenvalue weighted by atomic mass is 15.3. The normalized spacial score (nSPS) is 15.4. The summed E-state index contributed by atoms with van der Waals surface area (Å²) in [4.78, 5) is 13.6. The Hall–Kier alpha value is -2.66. The largest absolute Gasteiger partial charge is 0.369 e. The van der Waals surface area contributed by atoms with E-state index >= 15 is 0 Å². The molecule has 0 atom stereocenters. The summed E-state index contributed by atoms with van der Waals surface area (Å²) < 4.78 is 2.25. The molecule has 128 valence electrons. The SMILES string of the molecule is c1ccc(Cn2ccnc2CN2CCN(c3ccncc3)CC2)cc1. The molecule has 4 rings (SSSR count). The zero-order valence-electron chi connectivity index (χ0n) is 14.3. The second-order valence-corrected chi connectivity index (χ2v) is 6.43. The van der Waals surface area contributed by atoms with Gasteiger partial charge in [0.1, 0.15) is 5.82 Å². The van der Waals surface area contributed by atoms with Gasteiger partial charge in [0, 0.05) is 63.2 Å². The molecule has 2 aromatic heterocycles. The highest BCUT2D eigenvalue weighted by molar-refractivity contribution is 5.44. The van der Waals surface area contributed by atoms with E-state index < -0.39 is 0 Å². The van der Waals surface area contributed by atoms with Gasteiger partial charge in [0.15, 0.2) is 0 Å². The molecule has 0 aliphatic carbocycles. The summed E-state index contributed by atoms with van der Waals surface area (Å²) in [5.74, 6) is 1.14. The summed E-state index contributed by atoms with van der Waals surface area (Å²) in [6.07, 6.45) is 7.71. The highest BCUT2D eigenvalue weighted by Gasteiger charge is 2.18. The Kier molecular flexibility index (Phi) is 4.74. The minimum Gasteiger partial charge on any atom is -0.369 e. The van der Waals surface area contributed by atoms with E-state index in [1.54, 1.807) is 0 Å². The van der Waals surface area contributed by atoms with Gasteiger partial charge < -0.3 is 9.47 Å². The van der Waals surface area contributed by atoms with Crippen LogP contribution >= 0.6 is 0 Å². The molecule has 0 bridgehead atoms. The molecule has 1 aliphatic heterocycles. The van der Waals surface area contributed by atoms with Crippen molar-refractivity contribution in [3.63, 3.8) is 0 Å². The van der Waals surface area contributed by atoms with Crippen molar-refractivity contribution >= 4 is 5.69 Å². The van der Waals surface area contributed by atoms with Gasteiger partial charge in [-0.1, -0.05) is 30.3 Å². The smallest absolute Gasteiger partial charge is 0.123 e. The summed E-state index contributed by atoms with van der Waals surface area (Å²) in [5, 5.41) is 0. The quantitative estimate of drug-likeness (QED) is 0.719. The molecule has 0 amide bonds. The Labute approximate surface area is 148 Å². The maximum Gasteiger partial charge on any atom is 0.123 e. The number of benzene rings is 1. The average molecular weight is 333 g/mol. The fourth-order valence-corrected chi connectivity index (χ4v) is 3.33. The third-order valence-corrected chi connectivity index (χ3v) is 4.76. The Morgan fingerprint density at radius 1 is 0.800 bits per heavy atom. The van der Waals surface area contributed by atoms with Crippen molar-refractivity contribution in [2.24, 2.45) is 0 Å². The number of imidazole rings is 1. The van der Waals surface area contributed by atoms with Gasteiger partial charge in [0.05, 0.1) is 6.54 Å². The van der Waals surface area contributed by atoms with Crippen LogP contribution in [0.1, 0.15) is 11.4 Å². The van der Waals surface area contributed by atoms with Crippen molar-refractivity contribution < 1.29 is 0 Å². The molecular weight excluding hydrogens is 310 g/mol. The van der Waals surface area contributed by atoms with E-state index in [0.29, 0.717) is 0 Å². The van der Waals surface area contributed by atoms with Gasteiger partial charge in [-0.3, -0.25) is 9.88 Å². The topological polar surface area (TPSA) is 37.2 Å². The lowest BCUT2D eigenvalue weighted by Crippen LogP contribution is -2.46. The van der Waals surface area contributed by atoms with Crippen LogP contribution in [0.15, 0.2) is 67.3 Å². The molecule has 5 nitrogen and oxygen atoms in total. The zero-order valence-corrected chi connectivity index (χ0v) is 14.3. The lowest BCUT2D eigenvalue weighted by Gasteiger charge is -2.35. The van der Waals surface area contributed by atoms with E-state index in [4.69, 9.17) is 0 Å². The number of hydrogen-bond acceptors (Lipinski definition) is 4. The number of rotatable bonds is 5. The van der Waals surface area contributed by atoms with Crippen molar-refractivity contribution in [1.82, 2.24) is 19.4 Å². The molecule has 0 unspecified atom stereocenters. The summed E-state index contributed by atoms with van der Waals surface area (Å²) >= 11 is 0. The second kappa shape index (κ2) is 7.49. The third-order valence-electron chi connectivity index (χ3n) is 4.76. The van der Waals surface area contributed by atoms with Crippen LogP contribution in [-0.2, 0) is 13.1 Å². The number of aromatic nitrogens is 3. The predicted octanol–water partition coefficient (Wildman–Crippen LogP) is 2.65. The van der Waals surface area contributed by atoms with E-state index in [-0.39, 0.29) is 0 Å². The molecule has 3 aromatic rings. The van der Waals surface area contributed by atoms with Gasteiger partial charge in [-0.2, -0.15) is 0 Å². The van der Waals surface area contributed by atoms with Crippen LogP contribution in [0, 0.1) is 0 Å². The Morgan fingerprint density at radius 3 is 2.32 bits per heavy atom. The molecule has 1 aromatic carbocycles. The molecule has 25 heavy (non-hydrogen) atoms. The van der Waals surface area contributed by atoms with E-state index in [9.17, 15) is 0 Å². The van der Waals surface area contributed by atoms with E-state index in [0.717, 1.165) is 45.1 Å². The van der Waals surface area contributed by atoms with Crippen LogP contribution in [0.3, 0.4) is 0 Å². The van der Waals surface area contributed by atoms with Crippen LogP contribution in [-0.4, -0.2) is 45.6 Å². The lowest BCUT2D eigenvalue weighted by atomic mass is 10.2. The third kappa shape index (κ3) is 3.88. The maximum atomic E-state index is 4.58. The predicted molar refractivity (Wildman–Crippen MR) is 99.5 cm³/mol. The molecule has 0 N–H and O–H groups in total. The molecule has 1 saturated heterocycles. The van der Waals surface area contributed by atoms with E-state index in [1.165, 1.54) is 11.3 Å². The molecule has 1 fully saturated rings. The van der Waals surface area contributed by atoms with Gasteiger partial charge in [0.25, 0.3) is 0 Å². The van der Waals surface area contributed by atoms with Gasteiger partial charge in [-0.05, 0) is 17.7 Å². The Bertz CT molecular complexity index is 776. The summed E-state index contributed by atoms with van der Waals surface area (Å²) in [7, 11) is 0. The number of nitrogens with zero attached hydrogens (tertiary/aromatic N) is 5. The van der Waals surface area contributed by atoms with Crippen molar-refractivity contribution in [2.75, 3.05) is 31.1 Å². The number of piperazine rings is 1. The van der Waals surface area contributed by atoms with Crippen molar-refractivity contribution in [3.8, 4) is 0 Å². The van der Waals surface area contributed by atoms with E-state index in [2.05, 4.69) is 73.0 Å². The lowest BCUT2D eigenvalue weighted by molar-refractivity contribution is 0.241. The number of pyridine rings is 1. The maximum absolute atomic E-state index is 4.58. The minimum atomic E-state index is 0.882. The fourth-order valence-electron chi connectivity index (χ4n) is 3.33. The molecule has 3 heterocycles. The Balaban J connectivity index is 1.36. The summed E-state index contributed by atoms with van der Waals surface area (Å²) in [5.41, 5.74) is 2.57. The van der Waals surface area contributed by atoms with Crippen LogP contribution in [0.2, 0.25) is 0 Å². The monoisotopic (exact) mass is 333 g/mol. The van der Waals surface area contributed by atoms with Gasteiger partial charge in [-0.25, -0.2) is 4.98 Å². The first kappa shape index (κ1) is 15.8. The molecule has 0 radical (unpaired) electrons. The number of anilines is 1. The van der Waals surface area contributed by atoms with Crippen LogP contribution in [0.25, 0.3) is 0 Å². The summed E-state index contributed by atoms with van der Waals surface area (Å²) in [6.45, 7) is 5.99. The number of hydrogen-bond donors (Lipinski definition) is 0. The Morgan fingerprint density at radius 2 is 1.56 bits per heavy atom. The van der Waals surface area contributed by atoms with Gasteiger partial charge >= 0.3 is 0 Å². The molecular formula is C20H23N5. The standard InChI is InChI=1S/C20H23N5/c1-2-4-18(5-3-1)16-25-11-10-22-20(25)17-23-12-14-24(15-13-23)19-6-8-21-9-7-19/h1-11H,12-17H2. The first-order valence-corrected chi connectivity index (χ1v) is 8.80. The molecule has 0 saturated carbocycles. The average Bonchev–Trinajstić information content (AvgIpc) is 3.10. The first-order valence-electron chi connectivity index (χ1n) is 8.80. The van der Waals surface area contributed by atoms with Gasteiger partial charge in [-0.15, -0.1) is 0 Å². The van der Waals surface area contributed by atoms with Crippen molar-refractivity contribution in [3.05, 3.63) is 78.6 Å². The summed E-state index contributed by atoms with van der Waals surface area (Å²) in [6, 6.07) is 14.7. The second-order valence-electron chi connectivity index (χ2n) is 6.43. The van der Waals surface area contributed by atoms with Crippen LogP contribution in [0.5, 0.6) is 0 Å². The fraction of sp³-hybridized carbons (Fsp3) is 0.300. The zero-order chi connectivity index (χ0) is 16.9. The first-order chi connectivity index (χ1) is 12.4. The van der Waals surface area contributed by atoms with Crippen molar-refractivity contribution in [2.45, 2.75) is 13.1 Å². The van der Waals surface area contributed by atoms with Gasteiger partial charge in [0.2, 0.25) is 0 Å². The minimum absolute atomic E-state index is 0.882. The molecule has 5 heteroatoms. The van der Waals surface area contributed by atoms with Crippen LogP contribution < -0.4 is 4.90 Å².